The fourth-order valence-electron chi connectivity index (χ4n) is 17.5. The van der Waals surface area contributed by atoms with Gasteiger partial charge in [0.2, 0.25) is 0 Å². The van der Waals surface area contributed by atoms with Crippen molar-refractivity contribution in [2.45, 2.75) is 38.5 Å². The molecule has 3 atom stereocenters. The fourth-order valence-corrected chi connectivity index (χ4v) is 17.5. The Bertz CT molecular complexity index is 6700. The minimum Gasteiger partial charge on any atom is -0.313 e. The van der Waals surface area contributed by atoms with Crippen LogP contribution in [0.1, 0.15) is 49.7 Å². The van der Waals surface area contributed by atoms with E-state index in [9.17, 15) is 0 Å². The average Bonchev–Trinajstić information content (AvgIpc) is 1.60. The largest absolute Gasteiger partial charge is 0.313 e. The first-order valence-electron chi connectivity index (χ1n) is 37.5. The van der Waals surface area contributed by atoms with Gasteiger partial charge in [-0.25, -0.2) is 0 Å². The van der Waals surface area contributed by atoms with E-state index in [2.05, 4.69) is 389 Å². The molecular weight excluding hydrogens is 1290 g/mol. The van der Waals surface area contributed by atoms with E-state index in [1.807, 2.05) is 12.2 Å². The lowest BCUT2D eigenvalue weighted by atomic mass is 9.82. The van der Waals surface area contributed by atoms with Crippen LogP contribution in [0.4, 0.5) is 0 Å². The second kappa shape index (κ2) is 26.4. The first-order chi connectivity index (χ1) is 52.9. The molecule has 4 nitrogen and oxygen atoms in total. The van der Waals surface area contributed by atoms with Crippen LogP contribution in [0.25, 0.3) is 160 Å². The highest BCUT2D eigenvalue weighted by Crippen LogP contribution is 2.46. The van der Waals surface area contributed by atoms with E-state index < -0.39 is 0 Å². The fraction of sp³-hybridized carbons (Fsp3) is 0.0777. The molecule has 0 aliphatic heterocycles. The van der Waals surface area contributed by atoms with Crippen molar-refractivity contribution in [3.63, 3.8) is 0 Å². The van der Waals surface area contributed by atoms with E-state index in [1.54, 1.807) is 0 Å². The van der Waals surface area contributed by atoms with Crippen molar-refractivity contribution in [1.29, 1.82) is 0 Å². The van der Waals surface area contributed by atoms with Crippen LogP contribution in [0.3, 0.4) is 0 Å². The Morgan fingerprint density at radius 1 is 0.411 bits per heavy atom. The summed E-state index contributed by atoms with van der Waals surface area (Å²) in [4.78, 5) is 0. The molecule has 4 heterocycles. The number of allylic oxidation sites excluding steroid dienone is 18. The third-order valence-corrected chi connectivity index (χ3v) is 22.8. The Kier molecular flexibility index (Phi) is 15.6. The van der Waals surface area contributed by atoms with Gasteiger partial charge >= 0.3 is 0 Å². The van der Waals surface area contributed by atoms with Gasteiger partial charge in [0.1, 0.15) is 0 Å². The summed E-state index contributed by atoms with van der Waals surface area (Å²) in [6.45, 7) is 6.69. The van der Waals surface area contributed by atoms with Crippen LogP contribution in [-0.4, -0.2) is 18.3 Å². The number of hydrogen-bond donors (Lipinski definition) is 0. The molecule has 4 aromatic heterocycles. The first kappa shape index (κ1) is 63.3. The van der Waals surface area contributed by atoms with E-state index in [0.717, 1.165) is 64.8 Å². The summed E-state index contributed by atoms with van der Waals surface area (Å²) in [6.07, 6.45) is 31.4. The van der Waals surface area contributed by atoms with Gasteiger partial charge in [-0.1, -0.05) is 267 Å². The summed E-state index contributed by atoms with van der Waals surface area (Å²) in [6, 6.07) is 103. The molecule has 16 aromatic rings. The quantitative estimate of drug-likeness (QED) is 0.0587. The molecule has 0 saturated carbocycles. The molecule has 0 N–H and O–H groups in total. The smallest absolute Gasteiger partial charge is 0.0908 e. The van der Waals surface area contributed by atoms with Crippen molar-refractivity contribution in [2.75, 3.05) is 0 Å². The van der Waals surface area contributed by atoms with Crippen LogP contribution in [0.2, 0.25) is 0 Å². The van der Waals surface area contributed by atoms with Crippen molar-refractivity contribution in [2.24, 2.45) is 11.8 Å². The van der Waals surface area contributed by atoms with Crippen LogP contribution in [0.5, 0.6) is 0 Å². The van der Waals surface area contributed by atoms with Gasteiger partial charge in [0.05, 0.1) is 49.8 Å². The number of nitrogens with zero attached hydrogens (tertiary/aromatic N) is 4. The highest BCUT2D eigenvalue weighted by Gasteiger charge is 2.27. The minimum atomic E-state index is 0.161. The van der Waals surface area contributed by atoms with Crippen molar-refractivity contribution in [3.05, 3.63) is 387 Å². The molecule has 0 spiro atoms. The van der Waals surface area contributed by atoms with Gasteiger partial charge in [0.15, 0.2) is 0 Å². The summed E-state index contributed by atoms with van der Waals surface area (Å²) in [5.74, 6) is 7.27. The van der Waals surface area contributed by atoms with Crippen molar-refractivity contribution < 1.29 is 0 Å². The van der Waals surface area contributed by atoms with Crippen molar-refractivity contribution in [1.82, 2.24) is 18.3 Å². The molecule has 3 unspecified atom stereocenters. The summed E-state index contributed by atoms with van der Waals surface area (Å²) in [7, 11) is 0. The highest BCUT2D eigenvalue weighted by molar-refractivity contribution is 6.17. The molecule has 0 saturated heterocycles. The summed E-state index contributed by atoms with van der Waals surface area (Å²) >= 11 is 0. The molecule has 20 rings (SSSR count). The Labute approximate surface area is 623 Å². The number of aromatic nitrogens is 4. The van der Waals surface area contributed by atoms with Crippen molar-refractivity contribution in [3.8, 4) is 56.3 Å². The average molecular weight is 1370 g/mol. The number of rotatable bonds is 14. The van der Waals surface area contributed by atoms with Crippen LogP contribution in [0.15, 0.2) is 375 Å². The van der Waals surface area contributed by atoms with E-state index in [1.165, 1.54) is 143 Å². The van der Waals surface area contributed by atoms with Gasteiger partial charge in [-0.2, -0.15) is 0 Å². The number of para-hydroxylation sites is 2. The maximum Gasteiger partial charge on any atom is 0.0908 e. The van der Waals surface area contributed by atoms with Gasteiger partial charge in [0, 0.05) is 90.8 Å². The van der Waals surface area contributed by atoms with E-state index in [4.69, 9.17) is 0 Å². The van der Waals surface area contributed by atoms with E-state index in [-0.39, 0.29) is 17.8 Å². The van der Waals surface area contributed by atoms with Gasteiger partial charge in [0.25, 0.3) is 0 Å². The normalized spacial score (nSPS) is 16.8. The van der Waals surface area contributed by atoms with Crippen molar-refractivity contribution >= 4 is 116 Å². The molecule has 4 heteroatoms. The summed E-state index contributed by atoms with van der Waals surface area (Å²) < 4.78 is 9.83. The topological polar surface area (TPSA) is 19.7 Å². The maximum atomic E-state index is 4.53. The number of benzene rings is 12. The Hall–Kier alpha value is -13.4. The van der Waals surface area contributed by atoms with Gasteiger partial charge in [-0.15, -0.1) is 0 Å². The lowest BCUT2D eigenvalue weighted by molar-refractivity contribution is 0.753. The molecule has 4 aliphatic carbocycles. The predicted octanol–water partition coefficient (Wildman–Crippen LogP) is 26.9. The van der Waals surface area contributed by atoms with E-state index >= 15 is 0 Å². The van der Waals surface area contributed by atoms with Gasteiger partial charge in [-0.3, -0.25) is 0 Å². The number of fused-ring (bicyclic) bond motifs is 12. The maximum absolute atomic E-state index is 4.53. The van der Waals surface area contributed by atoms with Crippen LogP contribution in [0, 0.1) is 23.7 Å². The van der Waals surface area contributed by atoms with Gasteiger partial charge < -0.3 is 18.3 Å². The zero-order valence-electron chi connectivity index (χ0n) is 59.5. The second-order valence-electron chi connectivity index (χ2n) is 28.9. The molecule has 0 fully saturated rings. The third kappa shape index (κ3) is 11.0. The minimum absolute atomic E-state index is 0.161. The molecular formula is C103H74N4. The standard InChI is InChI=1S/C103H74N4/c1-3-84(104-100-52-46-78(69-27-12-6-13-28-69)61-92(100)93-62-79(47-53-101(93)104)70-29-14-7-15-30-70)66-85(4-2)105-102-54-48-80(71-31-16-8-17-32-71)63-94(102)95-64-81(49-55-103(95)105)74-43-41-73(42-44-74)75-35-24-36-76(57-75)82-50-56-99-91(65-82)89-38-21-23-40-97(89)107(99)87-59-83(72-33-18-9-19-34-72)58-86(67-87)106-96-39-22-20-37-88(96)90-60-77(45-51-98(90)106)68-25-10-5-11-26-68/h3-8,10-18,20-33,36-43,45-57,60-67,72,74-75H,1,34-35,44,59H2,2H3/b84-66+,85-4+. The molecule has 4 aliphatic rings. The summed E-state index contributed by atoms with van der Waals surface area (Å²) in [5.41, 5.74) is 33.7. The third-order valence-electron chi connectivity index (χ3n) is 22.8. The molecule has 107 heavy (non-hydrogen) atoms. The van der Waals surface area contributed by atoms with Crippen LogP contribution in [-0.2, 0) is 0 Å². The lowest BCUT2D eigenvalue weighted by Crippen LogP contribution is -2.10. The second-order valence-corrected chi connectivity index (χ2v) is 28.9. The van der Waals surface area contributed by atoms with Gasteiger partial charge in [-0.05, 0) is 201 Å². The molecule has 0 radical (unpaired) electrons. The van der Waals surface area contributed by atoms with E-state index in [0.29, 0.717) is 0 Å². The SMILES string of the molecule is C=C/C(=C\C(=C/C)n1c2ccc(-c3ccccc3)cc2c2cc(C3C=CC(C4C=C(c5ccc6c(c5)c5ccccc5n6C5=CC(n6c7ccccc7c7cc(-c8ccccc8)ccc76)=C=C(C6C=CC#CC6)C5)C=CC4)=CC3)ccc21)n1c2ccc(-c3ccccc3)cc2c2cc(-c3ccccc3)ccc21. The molecule has 0 amide bonds. The monoisotopic (exact) mass is 1370 g/mol. The number of hydrogen-bond acceptors (Lipinski definition) is 0. The predicted molar refractivity (Wildman–Crippen MR) is 454 cm³/mol. The lowest BCUT2D eigenvalue weighted by Gasteiger charge is -2.23. The molecule has 12 aromatic carbocycles. The van der Waals surface area contributed by atoms with Crippen LogP contribution < -0.4 is 0 Å². The van der Waals surface area contributed by atoms with Crippen LogP contribution >= 0.6 is 0 Å². The Morgan fingerprint density at radius 3 is 1.40 bits per heavy atom. The zero-order chi connectivity index (χ0) is 71.1. The Balaban J connectivity index is 0.624. The summed E-state index contributed by atoms with van der Waals surface area (Å²) in [5, 5.41) is 9.80. The molecule has 506 valence electrons. The molecule has 0 bridgehead atoms. The first-order valence-corrected chi connectivity index (χ1v) is 37.5. The zero-order valence-corrected chi connectivity index (χ0v) is 59.5. The highest BCUT2D eigenvalue weighted by atomic mass is 15.0. The Morgan fingerprint density at radius 2 is 0.879 bits per heavy atom.